The van der Waals surface area contributed by atoms with Gasteiger partial charge in [0.15, 0.2) is 0 Å². The fraction of sp³-hybridized carbons (Fsp3) is 0.611. The smallest absolute Gasteiger partial charge is 0.303 e. The fourth-order valence-electron chi connectivity index (χ4n) is 1.85. The maximum Gasteiger partial charge on any atom is 0.303 e. The van der Waals surface area contributed by atoms with Gasteiger partial charge in [0.05, 0.1) is 6.10 Å². The summed E-state index contributed by atoms with van der Waals surface area (Å²) in [6, 6.07) is 0. The van der Waals surface area contributed by atoms with E-state index in [0.29, 0.717) is 12.8 Å². The van der Waals surface area contributed by atoms with Crippen LogP contribution in [0.5, 0.6) is 0 Å². The first-order valence-corrected chi connectivity index (χ1v) is 8.05. The summed E-state index contributed by atoms with van der Waals surface area (Å²) in [4.78, 5) is 10.3. The van der Waals surface area contributed by atoms with Gasteiger partial charge in [0, 0.05) is 6.42 Å². The molecule has 0 amide bonds. The molecule has 0 fully saturated rings. The third-order valence-electron chi connectivity index (χ3n) is 3.11. The second-order valence-electron chi connectivity index (χ2n) is 5.22. The van der Waals surface area contributed by atoms with E-state index in [1.54, 1.807) is 6.08 Å². The van der Waals surface area contributed by atoms with E-state index in [1.807, 2.05) is 24.3 Å². The lowest BCUT2D eigenvalue weighted by Gasteiger charge is -1.99. The van der Waals surface area contributed by atoms with Crippen LogP contribution in [-0.2, 0) is 4.79 Å². The number of hydrogen-bond acceptors (Lipinski definition) is 2. The SMILES string of the molecule is CCCCCC=CC=CC(O)CC=CCCCCC(=O)O. The second-order valence-corrected chi connectivity index (χ2v) is 5.22. The third-order valence-corrected chi connectivity index (χ3v) is 3.11. The molecule has 1 atom stereocenters. The first kappa shape index (κ1) is 19.7. The Labute approximate surface area is 129 Å². The van der Waals surface area contributed by atoms with Crippen LogP contribution in [0.1, 0.15) is 64.7 Å². The summed E-state index contributed by atoms with van der Waals surface area (Å²) >= 11 is 0. The topological polar surface area (TPSA) is 57.5 Å². The van der Waals surface area contributed by atoms with Crippen LogP contribution in [0.15, 0.2) is 36.5 Å². The van der Waals surface area contributed by atoms with Gasteiger partial charge in [-0.25, -0.2) is 0 Å². The number of unbranched alkanes of at least 4 members (excludes halogenated alkanes) is 5. The monoisotopic (exact) mass is 294 g/mol. The highest BCUT2D eigenvalue weighted by atomic mass is 16.4. The van der Waals surface area contributed by atoms with E-state index in [4.69, 9.17) is 5.11 Å². The van der Waals surface area contributed by atoms with Crippen LogP contribution < -0.4 is 0 Å². The predicted molar refractivity (Wildman–Crippen MR) is 88.3 cm³/mol. The normalized spacial score (nSPS) is 13.6. The van der Waals surface area contributed by atoms with Crippen molar-refractivity contribution in [3.05, 3.63) is 36.5 Å². The molecule has 0 aromatic heterocycles. The molecule has 21 heavy (non-hydrogen) atoms. The van der Waals surface area contributed by atoms with Crippen LogP contribution in [0.25, 0.3) is 0 Å². The van der Waals surface area contributed by atoms with Crippen LogP contribution in [-0.4, -0.2) is 22.3 Å². The molecule has 0 radical (unpaired) electrons. The van der Waals surface area contributed by atoms with Gasteiger partial charge in [-0.2, -0.15) is 0 Å². The molecule has 0 saturated carbocycles. The molecule has 0 aliphatic rings. The largest absolute Gasteiger partial charge is 0.481 e. The predicted octanol–water partition coefficient (Wildman–Crippen LogP) is 4.63. The molecule has 0 bridgehead atoms. The van der Waals surface area contributed by atoms with Gasteiger partial charge >= 0.3 is 5.97 Å². The van der Waals surface area contributed by atoms with Gasteiger partial charge in [0.25, 0.3) is 0 Å². The van der Waals surface area contributed by atoms with E-state index in [0.717, 1.165) is 19.3 Å². The minimum Gasteiger partial charge on any atom is -0.481 e. The molecule has 0 rings (SSSR count). The van der Waals surface area contributed by atoms with Crippen molar-refractivity contribution in [2.45, 2.75) is 70.8 Å². The maximum absolute atomic E-state index is 10.3. The Morgan fingerprint density at radius 1 is 1.00 bits per heavy atom. The van der Waals surface area contributed by atoms with E-state index in [9.17, 15) is 9.90 Å². The lowest BCUT2D eigenvalue weighted by Crippen LogP contribution is -1.98. The average Bonchev–Trinajstić information content (AvgIpc) is 2.45. The zero-order valence-electron chi connectivity index (χ0n) is 13.2. The minimum atomic E-state index is -0.734. The van der Waals surface area contributed by atoms with Crippen molar-refractivity contribution in [3.8, 4) is 0 Å². The van der Waals surface area contributed by atoms with Gasteiger partial charge in [0.1, 0.15) is 0 Å². The number of aliphatic carboxylic acids is 1. The zero-order chi connectivity index (χ0) is 15.8. The van der Waals surface area contributed by atoms with Gasteiger partial charge in [-0.1, -0.05) is 56.2 Å². The Hall–Kier alpha value is -1.35. The summed E-state index contributed by atoms with van der Waals surface area (Å²) in [5.74, 6) is -0.734. The number of hydrogen-bond donors (Lipinski definition) is 2. The van der Waals surface area contributed by atoms with Crippen LogP contribution >= 0.6 is 0 Å². The summed E-state index contributed by atoms with van der Waals surface area (Å²) in [5, 5.41) is 18.2. The van der Waals surface area contributed by atoms with Crippen molar-refractivity contribution in [1.29, 1.82) is 0 Å². The maximum atomic E-state index is 10.3. The Kier molecular flexibility index (Phi) is 14.1. The van der Waals surface area contributed by atoms with Crippen molar-refractivity contribution < 1.29 is 15.0 Å². The van der Waals surface area contributed by atoms with Gasteiger partial charge in [-0.15, -0.1) is 0 Å². The van der Waals surface area contributed by atoms with E-state index in [2.05, 4.69) is 13.0 Å². The average molecular weight is 294 g/mol. The molecule has 0 aliphatic carbocycles. The Morgan fingerprint density at radius 2 is 1.71 bits per heavy atom. The number of rotatable bonds is 13. The minimum absolute atomic E-state index is 0.240. The van der Waals surface area contributed by atoms with Crippen molar-refractivity contribution in [2.75, 3.05) is 0 Å². The van der Waals surface area contributed by atoms with E-state index >= 15 is 0 Å². The molecule has 0 spiro atoms. The van der Waals surface area contributed by atoms with Gasteiger partial charge in [-0.05, 0) is 38.5 Å². The van der Waals surface area contributed by atoms with Gasteiger partial charge < -0.3 is 10.2 Å². The van der Waals surface area contributed by atoms with Crippen LogP contribution in [0.2, 0.25) is 0 Å². The number of carbonyl (C=O) groups is 1. The summed E-state index contributed by atoms with van der Waals surface area (Å²) < 4.78 is 0. The highest BCUT2D eigenvalue weighted by Gasteiger charge is 1.95. The molecule has 120 valence electrons. The van der Waals surface area contributed by atoms with E-state index in [-0.39, 0.29) is 6.42 Å². The molecular formula is C18H30O3. The summed E-state index contributed by atoms with van der Waals surface area (Å²) in [7, 11) is 0. The zero-order valence-corrected chi connectivity index (χ0v) is 13.2. The fourth-order valence-corrected chi connectivity index (χ4v) is 1.85. The first-order chi connectivity index (χ1) is 10.2. The summed E-state index contributed by atoms with van der Waals surface area (Å²) in [6.07, 6.45) is 19.5. The number of aliphatic hydroxyl groups excluding tert-OH is 1. The van der Waals surface area contributed by atoms with E-state index in [1.165, 1.54) is 19.3 Å². The number of carboxylic acids is 1. The lowest BCUT2D eigenvalue weighted by molar-refractivity contribution is -0.137. The molecule has 1 unspecified atom stereocenters. The highest BCUT2D eigenvalue weighted by molar-refractivity contribution is 5.66. The molecule has 0 aromatic carbocycles. The quantitative estimate of drug-likeness (QED) is 0.296. The molecule has 3 nitrogen and oxygen atoms in total. The van der Waals surface area contributed by atoms with Crippen LogP contribution in [0.4, 0.5) is 0 Å². The Bertz CT molecular complexity index is 329. The molecule has 3 heteroatoms. The standard InChI is InChI=1S/C18H30O3/c1-2-3-4-5-6-8-11-14-17(19)15-12-9-7-10-13-16-18(20)21/h6,8-9,11-12,14,17,19H,2-5,7,10,13,15-16H2,1H3,(H,20,21). The Morgan fingerprint density at radius 3 is 2.43 bits per heavy atom. The van der Waals surface area contributed by atoms with Crippen molar-refractivity contribution >= 4 is 5.97 Å². The van der Waals surface area contributed by atoms with Gasteiger partial charge in [-0.3, -0.25) is 4.79 Å². The molecule has 2 N–H and O–H groups in total. The van der Waals surface area contributed by atoms with Crippen LogP contribution in [0.3, 0.4) is 0 Å². The third kappa shape index (κ3) is 16.6. The van der Waals surface area contributed by atoms with E-state index < -0.39 is 12.1 Å². The van der Waals surface area contributed by atoms with Crippen LogP contribution in [0, 0.1) is 0 Å². The summed E-state index contributed by atoms with van der Waals surface area (Å²) in [6.45, 7) is 2.19. The Balaban J connectivity index is 3.55. The van der Waals surface area contributed by atoms with Gasteiger partial charge in [0.2, 0.25) is 0 Å². The molecule has 0 aliphatic heterocycles. The van der Waals surface area contributed by atoms with Crippen molar-refractivity contribution in [3.63, 3.8) is 0 Å². The first-order valence-electron chi connectivity index (χ1n) is 8.05. The molecule has 0 saturated heterocycles. The summed E-state index contributed by atoms with van der Waals surface area (Å²) in [5.41, 5.74) is 0. The lowest BCUT2D eigenvalue weighted by atomic mass is 10.1. The van der Waals surface area contributed by atoms with Crippen molar-refractivity contribution in [1.82, 2.24) is 0 Å². The number of carboxylic acid groups (broad SMARTS) is 1. The molecule has 0 aromatic rings. The molecular weight excluding hydrogens is 264 g/mol. The highest BCUT2D eigenvalue weighted by Crippen LogP contribution is 2.03. The second kappa shape index (κ2) is 15.0. The number of allylic oxidation sites excluding steroid dienone is 4. The molecule has 0 heterocycles. The van der Waals surface area contributed by atoms with Crippen molar-refractivity contribution in [2.24, 2.45) is 0 Å². The number of aliphatic hydroxyl groups is 1.